The minimum atomic E-state index is 0.875. The number of benzene rings is 1. The fourth-order valence-corrected chi connectivity index (χ4v) is 1.46. The predicted molar refractivity (Wildman–Crippen MR) is 56.1 cm³/mol. The third-order valence-electron chi connectivity index (χ3n) is 2.18. The van der Waals surface area contributed by atoms with Crippen molar-refractivity contribution in [2.24, 2.45) is 0 Å². The summed E-state index contributed by atoms with van der Waals surface area (Å²) < 4.78 is 5.23. The highest BCUT2D eigenvalue weighted by Gasteiger charge is 2.04. The highest BCUT2D eigenvalue weighted by Crippen LogP contribution is 2.25. The lowest BCUT2D eigenvalue weighted by Gasteiger charge is -2.10. The minimum Gasteiger partial charge on any atom is -0.496 e. The zero-order valence-corrected chi connectivity index (χ0v) is 8.55. The van der Waals surface area contributed by atoms with Crippen LogP contribution in [0.3, 0.4) is 0 Å². The van der Waals surface area contributed by atoms with E-state index >= 15 is 0 Å². The van der Waals surface area contributed by atoms with E-state index in [-0.39, 0.29) is 0 Å². The monoisotopic (exact) mass is 179 g/mol. The molecule has 1 rings (SSSR count). The van der Waals surface area contributed by atoms with Gasteiger partial charge in [-0.25, -0.2) is 0 Å². The van der Waals surface area contributed by atoms with E-state index in [4.69, 9.17) is 10.5 Å². The van der Waals surface area contributed by atoms with Gasteiger partial charge in [0.25, 0.3) is 0 Å². The van der Waals surface area contributed by atoms with Crippen LogP contribution in [0.1, 0.15) is 24.5 Å². The summed E-state index contributed by atoms with van der Waals surface area (Å²) in [6.07, 6.45) is 2.12. The molecule has 0 amide bonds. The summed E-state index contributed by atoms with van der Waals surface area (Å²) in [5, 5.41) is 0. The van der Waals surface area contributed by atoms with Crippen LogP contribution in [0.15, 0.2) is 12.1 Å². The fraction of sp³-hybridized carbons (Fsp3) is 0.455. The molecule has 0 saturated carbocycles. The normalized spacial score (nSPS) is 10.1. The number of nitrogens with two attached hydrogens (primary N) is 1. The van der Waals surface area contributed by atoms with E-state index in [1.807, 2.05) is 19.1 Å². The number of hydrogen-bond donors (Lipinski definition) is 1. The van der Waals surface area contributed by atoms with Crippen molar-refractivity contribution < 1.29 is 4.74 Å². The fourth-order valence-electron chi connectivity index (χ4n) is 1.46. The number of methoxy groups -OCH3 is 1. The van der Waals surface area contributed by atoms with Crippen molar-refractivity contribution in [3.63, 3.8) is 0 Å². The molecule has 2 N–H and O–H groups in total. The molecule has 0 aliphatic rings. The van der Waals surface area contributed by atoms with Crippen LogP contribution in [0.2, 0.25) is 0 Å². The summed E-state index contributed by atoms with van der Waals surface area (Å²) in [5.74, 6) is 0.928. The van der Waals surface area contributed by atoms with Gasteiger partial charge in [-0.05, 0) is 36.6 Å². The average molecular weight is 179 g/mol. The van der Waals surface area contributed by atoms with Crippen molar-refractivity contribution in [3.05, 3.63) is 23.3 Å². The topological polar surface area (TPSA) is 35.2 Å². The number of anilines is 1. The molecular formula is C11H17NO. The molecule has 0 bridgehead atoms. The number of ether oxygens (including phenoxy) is 1. The second-order valence-corrected chi connectivity index (χ2v) is 3.27. The molecule has 0 aliphatic carbocycles. The van der Waals surface area contributed by atoms with Gasteiger partial charge < -0.3 is 10.5 Å². The maximum atomic E-state index is 5.88. The number of hydrogen-bond acceptors (Lipinski definition) is 2. The van der Waals surface area contributed by atoms with Gasteiger partial charge in [-0.3, -0.25) is 0 Å². The SMILES string of the molecule is CCCc1cc(OC)c(C)cc1N. The Morgan fingerprint density at radius 1 is 1.38 bits per heavy atom. The van der Waals surface area contributed by atoms with E-state index in [2.05, 4.69) is 6.92 Å². The molecule has 2 heteroatoms. The van der Waals surface area contributed by atoms with Gasteiger partial charge in [0.05, 0.1) is 7.11 Å². The third-order valence-corrected chi connectivity index (χ3v) is 2.18. The molecule has 0 atom stereocenters. The molecule has 72 valence electrons. The Kier molecular flexibility index (Phi) is 3.18. The van der Waals surface area contributed by atoms with E-state index in [0.717, 1.165) is 29.8 Å². The van der Waals surface area contributed by atoms with E-state index < -0.39 is 0 Å². The predicted octanol–water partition coefficient (Wildman–Crippen LogP) is 2.54. The van der Waals surface area contributed by atoms with E-state index in [0.29, 0.717) is 0 Å². The van der Waals surface area contributed by atoms with E-state index in [9.17, 15) is 0 Å². The van der Waals surface area contributed by atoms with E-state index in [1.165, 1.54) is 5.56 Å². The lowest BCUT2D eigenvalue weighted by atomic mass is 10.0. The van der Waals surface area contributed by atoms with E-state index in [1.54, 1.807) is 7.11 Å². The molecular weight excluding hydrogens is 162 g/mol. The Morgan fingerprint density at radius 3 is 2.62 bits per heavy atom. The van der Waals surface area contributed by atoms with Crippen molar-refractivity contribution in [1.82, 2.24) is 0 Å². The van der Waals surface area contributed by atoms with Crippen molar-refractivity contribution in [2.75, 3.05) is 12.8 Å². The zero-order chi connectivity index (χ0) is 9.84. The first-order valence-corrected chi connectivity index (χ1v) is 4.62. The first-order valence-electron chi connectivity index (χ1n) is 4.62. The van der Waals surface area contributed by atoms with Crippen molar-refractivity contribution >= 4 is 5.69 Å². The lowest BCUT2D eigenvalue weighted by Crippen LogP contribution is -1.97. The molecule has 0 saturated heterocycles. The summed E-state index contributed by atoms with van der Waals surface area (Å²) in [4.78, 5) is 0. The average Bonchev–Trinajstić information content (AvgIpc) is 2.10. The molecule has 0 heterocycles. The van der Waals surface area contributed by atoms with Crippen molar-refractivity contribution in [3.8, 4) is 5.75 Å². The Bertz CT molecular complexity index is 294. The first-order chi connectivity index (χ1) is 6.19. The van der Waals surface area contributed by atoms with Gasteiger partial charge in [-0.15, -0.1) is 0 Å². The van der Waals surface area contributed by atoms with Crippen LogP contribution >= 0.6 is 0 Å². The van der Waals surface area contributed by atoms with Crippen LogP contribution in [-0.4, -0.2) is 7.11 Å². The molecule has 0 radical (unpaired) electrons. The summed E-state index contributed by atoms with van der Waals surface area (Å²) in [5.41, 5.74) is 9.03. The standard InChI is InChI=1S/C11H17NO/c1-4-5-9-7-11(13-3)8(2)6-10(9)12/h6-7H,4-5,12H2,1-3H3. The van der Waals surface area contributed by atoms with Crippen LogP contribution in [0, 0.1) is 6.92 Å². The maximum absolute atomic E-state index is 5.88. The van der Waals surface area contributed by atoms with Gasteiger partial charge in [-0.2, -0.15) is 0 Å². The van der Waals surface area contributed by atoms with Gasteiger partial charge >= 0.3 is 0 Å². The lowest BCUT2D eigenvalue weighted by molar-refractivity contribution is 0.411. The highest BCUT2D eigenvalue weighted by atomic mass is 16.5. The molecule has 0 spiro atoms. The molecule has 0 aliphatic heterocycles. The second kappa shape index (κ2) is 4.17. The maximum Gasteiger partial charge on any atom is 0.122 e. The van der Waals surface area contributed by atoms with Gasteiger partial charge in [0, 0.05) is 5.69 Å². The van der Waals surface area contributed by atoms with Gasteiger partial charge in [0.1, 0.15) is 5.75 Å². The molecule has 1 aromatic rings. The van der Waals surface area contributed by atoms with Gasteiger partial charge in [-0.1, -0.05) is 13.3 Å². The van der Waals surface area contributed by atoms with Gasteiger partial charge in [0.15, 0.2) is 0 Å². The van der Waals surface area contributed by atoms with Crippen molar-refractivity contribution in [2.45, 2.75) is 26.7 Å². The molecule has 1 aromatic carbocycles. The van der Waals surface area contributed by atoms with Crippen LogP contribution in [0.25, 0.3) is 0 Å². The molecule has 0 unspecified atom stereocenters. The molecule has 2 nitrogen and oxygen atoms in total. The summed E-state index contributed by atoms with van der Waals surface area (Å²) >= 11 is 0. The van der Waals surface area contributed by atoms with Crippen LogP contribution in [0.4, 0.5) is 5.69 Å². The number of aryl methyl sites for hydroxylation is 2. The smallest absolute Gasteiger partial charge is 0.122 e. The summed E-state index contributed by atoms with van der Waals surface area (Å²) in [6.45, 7) is 4.15. The molecule has 13 heavy (non-hydrogen) atoms. The summed E-state index contributed by atoms with van der Waals surface area (Å²) in [6, 6.07) is 4.01. The Hall–Kier alpha value is -1.18. The minimum absolute atomic E-state index is 0.875. The summed E-state index contributed by atoms with van der Waals surface area (Å²) in [7, 11) is 1.69. The second-order valence-electron chi connectivity index (χ2n) is 3.27. The number of rotatable bonds is 3. The Labute approximate surface area is 79.7 Å². The highest BCUT2D eigenvalue weighted by molar-refractivity contribution is 5.54. The Morgan fingerprint density at radius 2 is 2.08 bits per heavy atom. The number of nitrogen functional groups attached to an aromatic ring is 1. The third kappa shape index (κ3) is 2.14. The molecule has 0 aromatic heterocycles. The zero-order valence-electron chi connectivity index (χ0n) is 8.55. The van der Waals surface area contributed by atoms with Crippen molar-refractivity contribution in [1.29, 1.82) is 0 Å². The molecule has 0 fully saturated rings. The van der Waals surface area contributed by atoms with Crippen LogP contribution in [0.5, 0.6) is 5.75 Å². The van der Waals surface area contributed by atoms with Crippen LogP contribution in [-0.2, 0) is 6.42 Å². The first kappa shape index (κ1) is 9.90. The quantitative estimate of drug-likeness (QED) is 0.724. The van der Waals surface area contributed by atoms with Gasteiger partial charge in [0.2, 0.25) is 0 Å². The van der Waals surface area contributed by atoms with Crippen LogP contribution < -0.4 is 10.5 Å². The Balaban J connectivity index is 3.06. The largest absolute Gasteiger partial charge is 0.496 e.